The lowest BCUT2D eigenvalue weighted by molar-refractivity contribution is -0.137. The number of fused-ring (bicyclic) bond motifs is 2. The standard InChI is InChI=1S/C28H31F3N2O2/c1-27(2)15-24(9-10-35-27)32-16-22-13-21-12-19-6-4-7-20(19)14-25(21)33(26(22)34)17-18-5-3-8-23(11-18)28(29,30)31/h3,5,8,11-14,24,32H,4,6-7,9-10,15-17H2,1-2H3/t24-/m0/s1. The molecule has 0 radical (unpaired) electrons. The third-order valence-electron chi connectivity index (χ3n) is 7.25. The van der Waals surface area contributed by atoms with Gasteiger partial charge in [-0.1, -0.05) is 12.1 Å². The fourth-order valence-electron chi connectivity index (χ4n) is 5.48. The smallest absolute Gasteiger partial charge is 0.375 e. The van der Waals surface area contributed by atoms with Crippen molar-refractivity contribution in [3.05, 3.63) is 80.6 Å². The predicted molar refractivity (Wildman–Crippen MR) is 131 cm³/mol. The zero-order valence-electron chi connectivity index (χ0n) is 20.2. The summed E-state index contributed by atoms with van der Waals surface area (Å²) in [5.74, 6) is 0. The molecule has 1 atom stereocenters. The topological polar surface area (TPSA) is 43.3 Å². The molecule has 2 aromatic carbocycles. The molecule has 1 N–H and O–H groups in total. The molecule has 1 aromatic heterocycles. The highest BCUT2D eigenvalue weighted by Crippen LogP contribution is 2.31. The van der Waals surface area contributed by atoms with E-state index < -0.39 is 11.7 Å². The largest absolute Gasteiger partial charge is 0.416 e. The molecular weight excluding hydrogens is 453 g/mol. The third kappa shape index (κ3) is 5.16. The van der Waals surface area contributed by atoms with Crippen LogP contribution in [0.3, 0.4) is 0 Å². The Morgan fingerprint density at radius 1 is 1.11 bits per heavy atom. The molecule has 1 fully saturated rings. The summed E-state index contributed by atoms with van der Waals surface area (Å²) in [4.78, 5) is 13.6. The van der Waals surface area contributed by atoms with E-state index in [1.54, 1.807) is 10.6 Å². The highest BCUT2D eigenvalue weighted by atomic mass is 19.4. The van der Waals surface area contributed by atoms with E-state index in [0.29, 0.717) is 24.3 Å². The van der Waals surface area contributed by atoms with E-state index in [1.807, 2.05) is 6.07 Å². The van der Waals surface area contributed by atoms with Gasteiger partial charge in [-0.3, -0.25) is 4.79 Å². The molecule has 0 spiro atoms. The van der Waals surface area contributed by atoms with Crippen LogP contribution in [0.15, 0.2) is 47.3 Å². The van der Waals surface area contributed by atoms with Gasteiger partial charge in [0, 0.05) is 24.8 Å². The van der Waals surface area contributed by atoms with Crippen molar-refractivity contribution in [2.45, 2.75) is 76.9 Å². The zero-order chi connectivity index (χ0) is 24.8. The van der Waals surface area contributed by atoms with Crippen molar-refractivity contribution in [3.63, 3.8) is 0 Å². The average Bonchev–Trinajstić information content (AvgIpc) is 3.25. The summed E-state index contributed by atoms with van der Waals surface area (Å²) in [5.41, 5.74) is 3.33. The summed E-state index contributed by atoms with van der Waals surface area (Å²) < 4.78 is 47.3. The average molecular weight is 485 g/mol. The van der Waals surface area contributed by atoms with E-state index in [0.717, 1.165) is 55.1 Å². The summed E-state index contributed by atoms with van der Waals surface area (Å²) in [5, 5.41) is 4.49. The van der Waals surface area contributed by atoms with Gasteiger partial charge in [-0.2, -0.15) is 13.2 Å². The van der Waals surface area contributed by atoms with Crippen LogP contribution in [0.5, 0.6) is 0 Å². The third-order valence-corrected chi connectivity index (χ3v) is 7.25. The number of hydrogen-bond acceptors (Lipinski definition) is 3. The number of aromatic nitrogens is 1. The minimum atomic E-state index is -4.42. The fraction of sp³-hybridized carbons (Fsp3) is 0.464. The molecule has 7 heteroatoms. The van der Waals surface area contributed by atoms with Gasteiger partial charge in [0.25, 0.3) is 5.56 Å². The van der Waals surface area contributed by atoms with E-state index in [9.17, 15) is 18.0 Å². The first kappa shape index (κ1) is 24.1. The molecule has 2 heterocycles. The number of aryl methyl sites for hydroxylation is 2. The van der Waals surface area contributed by atoms with E-state index >= 15 is 0 Å². The number of rotatable bonds is 5. The van der Waals surface area contributed by atoms with Crippen molar-refractivity contribution < 1.29 is 17.9 Å². The van der Waals surface area contributed by atoms with Crippen LogP contribution in [0, 0.1) is 0 Å². The van der Waals surface area contributed by atoms with Crippen LogP contribution in [0.2, 0.25) is 0 Å². The Hall–Kier alpha value is -2.64. The van der Waals surface area contributed by atoms with Crippen LogP contribution < -0.4 is 10.9 Å². The summed E-state index contributed by atoms with van der Waals surface area (Å²) in [6.07, 6.45) is 0.370. The normalized spacial score (nSPS) is 19.7. The lowest BCUT2D eigenvalue weighted by atomic mass is 9.94. The first-order chi connectivity index (χ1) is 16.6. The molecule has 1 aliphatic heterocycles. The van der Waals surface area contributed by atoms with Gasteiger partial charge in [-0.25, -0.2) is 0 Å². The Morgan fingerprint density at radius 2 is 1.89 bits per heavy atom. The van der Waals surface area contributed by atoms with Gasteiger partial charge in [0.1, 0.15) is 0 Å². The number of nitrogens with zero attached hydrogens (tertiary/aromatic N) is 1. The first-order valence-corrected chi connectivity index (χ1v) is 12.3. The van der Waals surface area contributed by atoms with Crippen LogP contribution in [-0.2, 0) is 36.8 Å². The second-order valence-electron chi connectivity index (χ2n) is 10.5. The van der Waals surface area contributed by atoms with Gasteiger partial charge in [-0.05, 0) is 98.4 Å². The number of hydrogen-bond donors (Lipinski definition) is 1. The molecule has 186 valence electrons. The Kier molecular flexibility index (Phi) is 6.26. The molecule has 0 amide bonds. The Balaban J connectivity index is 1.52. The second-order valence-corrected chi connectivity index (χ2v) is 10.5. The molecule has 2 aliphatic rings. The number of ether oxygens (including phenoxy) is 1. The van der Waals surface area contributed by atoms with E-state index in [1.165, 1.54) is 17.2 Å². The van der Waals surface area contributed by atoms with E-state index in [4.69, 9.17) is 4.74 Å². The van der Waals surface area contributed by atoms with Crippen molar-refractivity contribution in [1.29, 1.82) is 0 Å². The Morgan fingerprint density at radius 3 is 2.63 bits per heavy atom. The highest BCUT2D eigenvalue weighted by Gasteiger charge is 2.31. The molecule has 3 aromatic rings. The maximum Gasteiger partial charge on any atom is 0.416 e. The number of pyridine rings is 1. The number of nitrogens with one attached hydrogen (secondary N) is 1. The van der Waals surface area contributed by atoms with Gasteiger partial charge in [0.15, 0.2) is 0 Å². The molecule has 35 heavy (non-hydrogen) atoms. The summed E-state index contributed by atoms with van der Waals surface area (Å²) in [6, 6.07) is 11.7. The van der Waals surface area contributed by atoms with Crippen LogP contribution in [0.1, 0.15) is 60.9 Å². The number of benzene rings is 2. The quantitative estimate of drug-likeness (QED) is 0.512. The van der Waals surface area contributed by atoms with Crippen molar-refractivity contribution in [1.82, 2.24) is 9.88 Å². The fourth-order valence-corrected chi connectivity index (χ4v) is 5.48. The molecule has 1 aliphatic carbocycles. The van der Waals surface area contributed by atoms with Gasteiger partial charge >= 0.3 is 6.18 Å². The molecular formula is C28H31F3N2O2. The Bertz CT molecular complexity index is 1310. The Labute approximate surface area is 203 Å². The van der Waals surface area contributed by atoms with Crippen LogP contribution in [-0.4, -0.2) is 22.8 Å². The van der Waals surface area contributed by atoms with Crippen LogP contribution >= 0.6 is 0 Å². The number of halogens is 3. The minimum Gasteiger partial charge on any atom is -0.375 e. The second kappa shape index (κ2) is 9.10. The number of alkyl halides is 3. The predicted octanol–water partition coefficient (Wildman–Crippen LogP) is 5.60. The van der Waals surface area contributed by atoms with Gasteiger partial charge < -0.3 is 14.6 Å². The summed E-state index contributed by atoms with van der Waals surface area (Å²) in [6.45, 7) is 5.32. The molecule has 1 saturated heterocycles. The maximum atomic E-state index is 13.6. The lowest BCUT2D eigenvalue weighted by Crippen LogP contribution is -2.44. The molecule has 4 nitrogen and oxygen atoms in total. The summed E-state index contributed by atoms with van der Waals surface area (Å²) >= 11 is 0. The molecule has 0 unspecified atom stereocenters. The maximum absolute atomic E-state index is 13.6. The first-order valence-electron chi connectivity index (χ1n) is 12.3. The van der Waals surface area contributed by atoms with Crippen molar-refractivity contribution in [2.75, 3.05) is 6.61 Å². The van der Waals surface area contributed by atoms with Gasteiger partial charge in [-0.15, -0.1) is 0 Å². The van der Waals surface area contributed by atoms with Crippen molar-refractivity contribution in [2.24, 2.45) is 0 Å². The monoisotopic (exact) mass is 484 g/mol. The van der Waals surface area contributed by atoms with Crippen LogP contribution in [0.25, 0.3) is 10.9 Å². The zero-order valence-corrected chi connectivity index (χ0v) is 20.2. The van der Waals surface area contributed by atoms with Crippen LogP contribution in [0.4, 0.5) is 13.2 Å². The molecule has 5 rings (SSSR count). The van der Waals surface area contributed by atoms with Gasteiger partial charge in [0.2, 0.25) is 0 Å². The molecule has 0 bridgehead atoms. The SMILES string of the molecule is CC1(C)C[C@@H](NCc2cc3cc4c(cc3n(Cc3cccc(C(F)(F)F)c3)c2=O)CCC4)CCO1. The lowest BCUT2D eigenvalue weighted by Gasteiger charge is -2.36. The highest BCUT2D eigenvalue weighted by molar-refractivity contribution is 5.82. The van der Waals surface area contributed by atoms with Crippen molar-refractivity contribution in [3.8, 4) is 0 Å². The molecule has 0 saturated carbocycles. The van der Waals surface area contributed by atoms with Crippen molar-refractivity contribution >= 4 is 10.9 Å². The van der Waals surface area contributed by atoms with E-state index in [-0.39, 0.29) is 23.7 Å². The summed E-state index contributed by atoms with van der Waals surface area (Å²) in [7, 11) is 0. The van der Waals surface area contributed by atoms with E-state index in [2.05, 4.69) is 31.3 Å². The van der Waals surface area contributed by atoms with Gasteiger partial charge in [0.05, 0.1) is 23.2 Å². The minimum absolute atomic E-state index is 0.0934.